The summed E-state index contributed by atoms with van der Waals surface area (Å²) < 4.78 is 0. The monoisotopic (exact) mass is 700 g/mol. The van der Waals surface area contributed by atoms with Crippen molar-refractivity contribution in [1.29, 1.82) is 0 Å². The van der Waals surface area contributed by atoms with Gasteiger partial charge in [0.25, 0.3) is 0 Å². The Morgan fingerprint density at radius 3 is 2.33 bits per heavy atom. The van der Waals surface area contributed by atoms with Gasteiger partial charge >= 0.3 is 0 Å². The fourth-order valence-corrected chi connectivity index (χ4v) is 7.47. The number of hydrogen-bond donors (Lipinski definition) is 2. The maximum atomic E-state index is 6.64. The topological polar surface area (TPSA) is 38.0 Å². The van der Waals surface area contributed by atoms with Crippen molar-refractivity contribution in [2.24, 2.45) is 5.92 Å². The number of anilines is 2. The number of rotatable bonds is 12. The van der Waals surface area contributed by atoms with Crippen LogP contribution in [0, 0.1) is 5.92 Å². The van der Waals surface area contributed by atoms with E-state index in [9.17, 15) is 0 Å². The summed E-state index contributed by atoms with van der Waals surface area (Å²) >= 11 is 0. The van der Waals surface area contributed by atoms with Gasteiger partial charge in [0, 0.05) is 28.2 Å². The van der Waals surface area contributed by atoms with Gasteiger partial charge in [0.15, 0.2) is 0 Å². The Bertz CT molecular complexity index is 2330. The van der Waals surface area contributed by atoms with Gasteiger partial charge in [-0.2, -0.15) is 0 Å². The Balaban J connectivity index is 1.21. The molecule has 4 aromatic rings. The van der Waals surface area contributed by atoms with Gasteiger partial charge in [-0.05, 0) is 101 Å². The number of allylic oxidation sites excluding steroid dienone is 20. The van der Waals surface area contributed by atoms with E-state index in [0.29, 0.717) is 5.92 Å². The van der Waals surface area contributed by atoms with E-state index in [-0.39, 0.29) is 0 Å². The number of fused-ring (bicyclic) bond motifs is 4. The van der Waals surface area contributed by atoms with Crippen LogP contribution in [0.3, 0.4) is 0 Å². The van der Waals surface area contributed by atoms with E-state index in [4.69, 9.17) is 5.73 Å². The average Bonchev–Trinajstić information content (AvgIpc) is 3.37. The normalized spacial score (nSPS) is 16.8. The lowest BCUT2D eigenvalue weighted by molar-refractivity contribution is 0.814. The number of benzene rings is 4. The lowest BCUT2D eigenvalue weighted by Gasteiger charge is -2.27. The molecule has 0 aromatic heterocycles. The Morgan fingerprint density at radius 1 is 0.759 bits per heavy atom. The van der Waals surface area contributed by atoms with E-state index >= 15 is 0 Å². The molecule has 266 valence electrons. The highest BCUT2D eigenvalue weighted by Crippen LogP contribution is 2.47. The second-order valence-corrected chi connectivity index (χ2v) is 13.9. The number of hydrogen-bond acceptors (Lipinski definition) is 2. The van der Waals surface area contributed by atoms with Crippen LogP contribution in [0.5, 0.6) is 0 Å². The molecule has 4 aromatic carbocycles. The molecular formula is C52H48N2. The van der Waals surface area contributed by atoms with Crippen LogP contribution in [0.2, 0.25) is 0 Å². The van der Waals surface area contributed by atoms with Crippen LogP contribution < -0.4 is 11.1 Å². The molecule has 54 heavy (non-hydrogen) atoms. The molecule has 3 aliphatic rings. The number of nitrogens with one attached hydrogen (secondary N) is 1. The lowest BCUT2D eigenvalue weighted by atomic mass is 9.77. The molecule has 0 amide bonds. The summed E-state index contributed by atoms with van der Waals surface area (Å²) in [7, 11) is 0. The molecule has 0 radical (unpaired) electrons. The van der Waals surface area contributed by atoms with Gasteiger partial charge in [0.05, 0.1) is 0 Å². The molecule has 0 saturated heterocycles. The molecule has 1 atom stereocenters. The predicted octanol–water partition coefficient (Wildman–Crippen LogP) is 13.4. The third kappa shape index (κ3) is 8.46. The van der Waals surface area contributed by atoms with E-state index in [1.54, 1.807) is 6.08 Å². The first-order valence-electron chi connectivity index (χ1n) is 19.0. The zero-order valence-corrected chi connectivity index (χ0v) is 31.1. The molecule has 2 heteroatoms. The van der Waals surface area contributed by atoms with E-state index in [2.05, 4.69) is 158 Å². The molecule has 0 saturated carbocycles. The Labute approximate surface area is 321 Å². The molecule has 0 aliphatic heterocycles. The van der Waals surface area contributed by atoms with Crippen LogP contribution in [0.15, 0.2) is 206 Å². The third-order valence-electron chi connectivity index (χ3n) is 10.2. The van der Waals surface area contributed by atoms with Crippen molar-refractivity contribution in [2.75, 3.05) is 11.1 Å². The van der Waals surface area contributed by atoms with Crippen molar-refractivity contribution in [3.63, 3.8) is 0 Å². The van der Waals surface area contributed by atoms with Gasteiger partial charge < -0.3 is 11.1 Å². The molecule has 0 fully saturated rings. The van der Waals surface area contributed by atoms with E-state index in [1.165, 1.54) is 55.7 Å². The number of nitrogen functional groups attached to an aromatic ring is 1. The van der Waals surface area contributed by atoms with Gasteiger partial charge in [-0.25, -0.2) is 0 Å². The standard InChI is InChI=1S/C52H48N2/c1-3-5-7-9-11-17-38-23-28-41(29-24-38)52-48(47-20-13-15-21-50(47)53)34-33-45-43-35-40(36-49(45)52)25-30-42(37-43)46-19-14-16-22-51(46)54-44-31-26-39(27-32-44)18-12-10-8-6-4-2/h3-16,18-26,28-34,37,39,54H,1,17,27,35-36,53H2,2H3/b6-4-,7-5-,10-8-,11-9-,18-12+. The molecule has 2 nitrogen and oxygen atoms in total. The van der Waals surface area contributed by atoms with E-state index in [1.807, 2.05) is 43.4 Å². The molecule has 2 bridgehead atoms. The highest BCUT2D eigenvalue weighted by Gasteiger charge is 2.26. The van der Waals surface area contributed by atoms with Gasteiger partial charge in [0.2, 0.25) is 0 Å². The average molecular weight is 701 g/mol. The van der Waals surface area contributed by atoms with Crippen molar-refractivity contribution >= 4 is 22.5 Å². The second kappa shape index (κ2) is 17.4. The van der Waals surface area contributed by atoms with Crippen LogP contribution in [-0.4, -0.2) is 0 Å². The smallest absolute Gasteiger partial charge is 0.0463 e. The maximum absolute atomic E-state index is 6.64. The minimum Gasteiger partial charge on any atom is -0.398 e. The predicted molar refractivity (Wildman–Crippen MR) is 235 cm³/mol. The van der Waals surface area contributed by atoms with Crippen LogP contribution >= 0.6 is 0 Å². The Hall–Kier alpha value is -6.38. The van der Waals surface area contributed by atoms with Crippen molar-refractivity contribution in [3.05, 3.63) is 228 Å². The second-order valence-electron chi connectivity index (χ2n) is 13.9. The van der Waals surface area contributed by atoms with E-state index in [0.717, 1.165) is 48.3 Å². The van der Waals surface area contributed by atoms with Gasteiger partial charge in [0.1, 0.15) is 0 Å². The molecule has 1 unspecified atom stereocenters. The molecule has 0 heterocycles. The first kappa shape index (κ1) is 36.0. The summed E-state index contributed by atoms with van der Waals surface area (Å²) in [5.41, 5.74) is 23.5. The Morgan fingerprint density at radius 2 is 1.54 bits per heavy atom. The van der Waals surface area contributed by atoms with Crippen molar-refractivity contribution < 1.29 is 0 Å². The summed E-state index contributed by atoms with van der Waals surface area (Å²) in [5, 5.41) is 3.75. The summed E-state index contributed by atoms with van der Waals surface area (Å²) in [5.74, 6) is 0.398. The van der Waals surface area contributed by atoms with Crippen LogP contribution in [0.25, 0.3) is 33.4 Å². The quantitative estimate of drug-likeness (QED) is 0.114. The van der Waals surface area contributed by atoms with Crippen LogP contribution in [-0.2, 0) is 12.8 Å². The summed E-state index contributed by atoms with van der Waals surface area (Å²) in [6.07, 6.45) is 40.1. The van der Waals surface area contributed by atoms with Gasteiger partial charge in [-0.15, -0.1) is 0 Å². The molecule has 3 aliphatic carbocycles. The largest absolute Gasteiger partial charge is 0.398 e. The minimum absolute atomic E-state index is 0.398. The minimum atomic E-state index is 0.398. The first-order valence-corrected chi connectivity index (χ1v) is 19.0. The van der Waals surface area contributed by atoms with E-state index < -0.39 is 0 Å². The fourth-order valence-electron chi connectivity index (χ4n) is 7.47. The number of nitrogens with two attached hydrogens (primary N) is 1. The number of para-hydroxylation sites is 2. The molecule has 7 rings (SSSR count). The summed E-state index contributed by atoms with van der Waals surface area (Å²) in [6.45, 7) is 5.78. The molecule has 0 spiro atoms. The highest BCUT2D eigenvalue weighted by molar-refractivity contribution is 5.97. The molecule has 3 N–H and O–H groups in total. The zero-order valence-electron chi connectivity index (χ0n) is 31.1. The third-order valence-corrected chi connectivity index (χ3v) is 10.2. The van der Waals surface area contributed by atoms with Crippen molar-refractivity contribution in [3.8, 4) is 22.3 Å². The van der Waals surface area contributed by atoms with Crippen LogP contribution in [0.1, 0.15) is 42.0 Å². The van der Waals surface area contributed by atoms with Crippen LogP contribution in [0.4, 0.5) is 11.4 Å². The lowest BCUT2D eigenvalue weighted by Crippen LogP contribution is -2.08. The van der Waals surface area contributed by atoms with Gasteiger partial charge in [-0.3, -0.25) is 0 Å². The summed E-state index contributed by atoms with van der Waals surface area (Å²) in [4.78, 5) is 0. The SMILES string of the molecule is C=C/C=C\C=C/Cc1ccc(-c2c(-c3ccccc3N)ccc3c2CC2=CC=C(c4ccccc4NC4=CCC(/C=C/C=C\C=C/C)C=C4)C=C3C2)cc1. The van der Waals surface area contributed by atoms with Crippen molar-refractivity contribution in [1.82, 2.24) is 0 Å². The first-order chi connectivity index (χ1) is 26.6. The maximum Gasteiger partial charge on any atom is 0.0463 e. The Kier molecular flexibility index (Phi) is 11.6. The fraction of sp³-hybridized carbons (Fsp3) is 0.115. The zero-order chi connectivity index (χ0) is 37.1. The van der Waals surface area contributed by atoms with Crippen molar-refractivity contribution in [2.45, 2.75) is 32.6 Å². The summed E-state index contributed by atoms with van der Waals surface area (Å²) in [6, 6.07) is 30.6. The molecular weight excluding hydrogens is 653 g/mol. The highest BCUT2D eigenvalue weighted by atomic mass is 14.9. The van der Waals surface area contributed by atoms with Gasteiger partial charge in [-0.1, -0.05) is 182 Å².